The standard InChI is InChI=1S/C16H13ClO4S/c1-9-10(6-16(20)21)8-22-15(9)5-4-13(18)12-3-2-11(17)7-14(12)19/h2-5,7-8,19H,6H2,1H3,(H,20,21). The summed E-state index contributed by atoms with van der Waals surface area (Å²) in [5, 5.41) is 20.7. The number of halogens is 1. The average molecular weight is 337 g/mol. The highest BCUT2D eigenvalue weighted by Crippen LogP contribution is 2.25. The van der Waals surface area contributed by atoms with E-state index in [0.717, 1.165) is 16.0 Å². The van der Waals surface area contributed by atoms with Gasteiger partial charge in [-0.05, 0) is 53.8 Å². The fraction of sp³-hybridized carbons (Fsp3) is 0.125. The summed E-state index contributed by atoms with van der Waals surface area (Å²) in [4.78, 5) is 23.6. The van der Waals surface area contributed by atoms with Gasteiger partial charge in [-0.2, -0.15) is 0 Å². The Kier molecular flexibility index (Phi) is 5.00. The molecule has 22 heavy (non-hydrogen) atoms. The topological polar surface area (TPSA) is 74.6 Å². The molecule has 6 heteroatoms. The summed E-state index contributed by atoms with van der Waals surface area (Å²) in [6.07, 6.45) is 2.94. The molecule has 1 aromatic carbocycles. The maximum Gasteiger partial charge on any atom is 0.307 e. The quantitative estimate of drug-likeness (QED) is 0.640. The number of rotatable bonds is 5. The highest BCUT2D eigenvalue weighted by molar-refractivity contribution is 7.11. The van der Waals surface area contributed by atoms with Crippen LogP contribution in [0.25, 0.3) is 6.08 Å². The zero-order chi connectivity index (χ0) is 16.3. The van der Waals surface area contributed by atoms with E-state index in [-0.39, 0.29) is 23.5 Å². The van der Waals surface area contributed by atoms with Crippen LogP contribution in [0.1, 0.15) is 26.4 Å². The van der Waals surface area contributed by atoms with Gasteiger partial charge in [0.05, 0.1) is 12.0 Å². The van der Waals surface area contributed by atoms with Gasteiger partial charge in [-0.15, -0.1) is 11.3 Å². The minimum absolute atomic E-state index is 0.0396. The Hall–Kier alpha value is -2.11. The summed E-state index contributed by atoms with van der Waals surface area (Å²) in [6, 6.07) is 4.30. The molecule has 0 saturated carbocycles. The largest absolute Gasteiger partial charge is 0.507 e. The Labute approximate surface area is 136 Å². The lowest BCUT2D eigenvalue weighted by Gasteiger charge is -2.00. The molecule has 0 amide bonds. The minimum Gasteiger partial charge on any atom is -0.507 e. The lowest BCUT2D eigenvalue weighted by atomic mass is 10.1. The van der Waals surface area contributed by atoms with Crippen LogP contribution in [0.4, 0.5) is 0 Å². The third-order valence-electron chi connectivity index (χ3n) is 3.13. The van der Waals surface area contributed by atoms with Crippen LogP contribution in [0.5, 0.6) is 5.75 Å². The van der Waals surface area contributed by atoms with Gasteiger partial charge in [0, 0.05) is 9.90 Å². The second-order valence-corrected chi connectivity index (χ2v) is 6.03. The third-order valence-corrected chi connectivity index (χ3v) is 4.47. The number of carboxylic acids is 1. The fourth-order valence-corrected chi connectivity index (χ4v) is 3.08. The van der Waals surface area contributed by atoms with Crippen LogP contribution >= 0.6 is 22.9 Å². The number of carbonyl (C=O) groups is 2. The number of hydrogen-bond donors (Lipinski definition) is 2. The molecule has 0 atom stereocenters. The molecule has 0 bridgehead atoms. The molecule has 1 heterocycles. The summed E-state index contributed by atoms with van der Waals surface area (Å²) in [5.74, 6) is -1.41. The van der Waals surface area contributed by atoms with Crippen molar-refractivity contribution in [1.29, 1.82) is 0 Å². The first-order chi connectivity index (χ1) is 10.4. The SMILES string of the molecule is Cc1c(CC(=O)O)csc1C=CC(=O)c1ccc(Cl)cc1O. The van der Waals surface area contributed by atoms with Crippen molar-refractivity contribution in [3.63, 3.8) is 0 Å². The molecule has 0 fully saturated rings. The smallest absolute Gasteiger partial charge is 0.307 e. The molecule has 0 radical (unpaired) electrons. The number of ketones is 1. The number of carbonyl (C=O) groups excluding carboxylic acids is 1. The molecule has 2 N–H and O–H groups in total. The van der Waals surface area contributed by atoms with Crippen molar-refractivity contribution in [3.8, 4) is 5.75 Å². The van der Waals surface area contributed by atoms with Crippen LogP contribution in [-0.4, -0.2) is 22.0 Å². The van der Waals surface area contributed by atoms with E-state index < -0.39 is 5.97 Å². The minimum atomic E-state index is -0.890. The predicted octanol–water partition coefficient (Wildman–Crippen LogP) is 3.94. The van der Waals surface area contributed by atoms with E-state index >= 15 is 0 Å². The normalized spacial score (nSPS) is 11.0. The lowest BCUT2D eigenvalue weighted by Crippen LogP contribution is -2.00. The number of phenols is 1. The Morgan fingerprint density at radius 2 is 2.09 bits per heavy atom. The molecule has 0 aliphatic rings. The number of phenolic OH excluding ortho intramolecular Hbond substituents is 1. The number of benzene rings is 1. The predicted molar refractivity (Wildman–Crippen MR) is 86.9 cm³/mol. The molecule has 0 unspecified atom stereocenters. The average Bonchev–Trinajstić information content (AvgIpc) is 2.76. The number of carboxylic acid groups (broad SMARTS) is 1. The summed E-state index contributed by atoms with van der Waals surface area (Å²) >= 11 is 7.10. The molecular weight excluding hydrogens is 324 g/mol. The molecule has 1 aromatic heterocycles. The highest BCUT2D eigenvalue weighted by Gasteiger charge is 2.11. The van der Waals surface area contributed by atoms with E-state index in [9.17, 15) is 14.7 Å². The van der Waals surface area contributed by atoms with Gasteiger partial charge in [0.15, 0.2) is 5.78 Å². The van der Waals surface area contributed by atoms with E-state index in [2.05, 4.69) is 0 Å². The van der Waals surface area contributed by atoms with Gasteiger partial charge in [-0.25, -0.2) is 0 Å². The second-order valence-electron chi connectivity index (χ2n) is 4.68. The van der Waals surface area contributed by atoms with Gasteiger partial charge in [0.2, 0.25) is 0 Å². The highest BCUT2D eigenvalue weighted by atomic mass is 35.5. The first-order valence-electron chi connectivity index (χ1n) is 6.38. The molecule has 2 rings (SSSR count). The molecule has 0 aliphatic heterocycles. The summed E-state index contributed by atoms with van der Waals surface area (Å²) < 4.78 is 0. The van der Waals surface area contributed by atoms with Gasteiger partial charge < -0.3 is 10.2 Å². The molecule has 0 spiro atoms. The van der Waals surface area contributed by atoms with E-state index in [1.807, 2.05) is 6.92 Å². The zero-order valence-electron chi connectivity index (χ0n) is 11.7. The van der Waals surface area contributed by atoms with Crippen LogP contribution in [0.3, 0.4) is 0 Å². The molecular formula is C16H13ClO4S. The van der Waals surface area contributed by atoms with Crippen molar-refractivity contribution in [2.75, 3.05) is 0 Å². The Morgan fingerprint density at radius 1 is 1.36 bits per heavy atom. The van der Waals surface area contributed by atoms with E-state index in [0.29, 0.717) is 5.02 Å². The maximum absolute atomic E-state index is 12.1. The monoisotopic (exact) mass is 336 g/mol. The van der Waals surface area contributed by atoms with Crippen LogP contribution < -0.4 is 0 Å². The molecule has 0 saturated heterocycles. The molecule has 2 aromatic rings. The summed E-state index contributed by atoms with van der Waals surface area (Å²) in [7, 11) is 0. The van der Waals surface area contributed by atoms with E-state index in [1.165, 1.54) is 35.6 Å². The van der Waals surface area contributed by atoms with Crippen LogP contribution in [0.15, 0.2) is 29.7 Å². The van der Waals surface area contributed by atoms with Crippen molar-refractivity contribution in [2.24, 2.45) is 0 Å². The van der Waals surface area contributed by atoms with Crippen molar-refractivity contribution < 1.29 is 19.8 Å². The zero-order valence-corrected chi connectivity index (χ0v) is 13.2. The maximum atomic E-state index is 12.1. The van der Waals surface area contributed by atoms with E-state index in [1.54, 1.807) is 11.5 Å². The van der Waals surface area contributed by atoms with Crippen molar-refractivity contribution in [2.45, 2.75) is 13.3 Å². The molecule has 0 aliphatic carbocycles. The van der Waals surface area contributed by atoms with Crippen LogP contribution in [0, 0.1) is 6.92 Å². The molecule has 114 valence electrons. The lowest BCUT2D eigenvalue weighted by molar-refractivity contribution is -0.136. The molecule has 4 nitrogen and oxygen atoms in total. The van der Waals surface area contributed by atoms with Gasteiger partial charge in [-0.1, -0.05) is 11.6 Å². The number of aromatic hydroxyl groups is 1. The summed E-state index contributed by atoms with van der Waals surface area (Å²) in [5.41, 5.74) is 1.75. The summed E-state index contributed by atoms with van der Waals surface area (Å²) in [6.45, 7) is 1.82. The number of hydrogen-bond acceptors (Lipinski definition) is 4. The fourth-order valence-electron chi connectivity index (χ4n) is 1.93. The Bertz CT molecular complexity index is 762. The first kappa shape index (κ1) is 16.3. The Morgan fingerprint density at radius 3 is 2.73 bits per heavy atom. The van der Waals surface area contributed by atoms with Crippen molar-refractivity contribution >= 4 is 40.8 Å². The van der Waals surface area contributed by atoms with Crippen molar-refractivity contribution in [3.05, 3.63) is 56.2 Å². The van der Waals surface area contributed by atoms with Gasteiger partial charge in [0.25, 0.3) is 0 Å². The van der Waals surface area contributed by atoms with Gasteiger partial charge in [0.1, 0.15) is 5.75 Å². The number of thiophene rings is 1. The van der Waals surface area contributed by atoms with Crippen LogP contribution in [-0.2, 0) is 11.2 Å². The van der Waals surface area contributed by atoms with Gasteiger partial charge >= 0.3 is 5.97 Å². The third kappa shape index (κ3) is 3.75. The second kappa shape index (κ2) is 6.77. The van der Waals surface area contributed by atoms with Crippen molar-refractivity contribution in [1.82, 2.24) is 0 Å². The van der Waals surface area contributed by atoms with E-state index in [4.69, 9.17) is 16.7 Å². The van der Waals surface area contributed by atoms with Gasteiger partial charge in [-0.3, -0.25) is 9.59 Å². The number of allylic oxidation sites excluding steroid dienone is 1. The Balaban J connectivity index is 2.19. The first-order valence-corrected chi connectivity index (χ1v) is 7.64. The van der Waals surface area contributed by atoms with Crippen LogP contribution in [0.2, 0.25) is 5.02 Å². The number of aliphatic carboxylic acids is 1.